The molecule has 0 spiro atoms. The number of carbonyl (C=O) groups excluding carboxylic acids is 2. The number of benzene rings is 1. The zero-order valence-electron chi connectivity index (χ0n) is 12.4. The van der Waals surface area contributed by atoms with Crippen LogP contribution in [0.1, 0.15) is 5.56 Å². The van der Waals surface area contributed by atoms with Gasteiger partial charge >= 0.3 is 5.97 Å². The summed E-state index contributed by atoms with van der Waals surface area (Å²) in [6.45, 7) is 2.07. The van der Waals surface area contributed by atoms with Gasteiger partial charge in [0.2, 0.25) is 5.91 Å². The van der Waals surface area contributed by atoms with Crippen LogP contribution in [-0.4, -0.2) is 54.5 Å². The van der Waals surface area contributed by atoms with E-state index >= 15 is 0 Å². The summed E-state index contributed by atoms with van der Waals surface area (Å²) in [4.78, 5) is 25.5. The zero-order chi connectivity index (χ0) is 15.9. The Morgan fingerprint density at radius 3 is 3.05 bits per heavy atom. The van der Waals surface area contributed by atoms with E-state index in [-0.39, 0.29) is 23.7 Å². The number of halogens is 1. The highest BCUT2D eigenvalue weighted by Gasteiger charge is 2.27. The van der Waals surface area contributed by atoms with Crippen molar-refractivity contribution in [2.75, 3.05) is 32.5 Å². The van der Waals surface area contributed by atoms with E-state index in [1.54, 1.807) is 17.8 Å². The number of hydrogen-bond donors (Lipinski definition) is 1. The standard InChI is InChI=1S/C15H19ClN2O3S/c1-21-15(20)13-9-18(5-6-22-13)10-14(19)17-8-11-3-2-4-12(16)7-11/h2-4,7,13H,5-6,8-10H2,1H3,(H,17,19)/t13-/m0/s1. The molecule has 1 amide bonds. The lowest BCUT2D eigenvalue weighted by Gasteiger charge is -2.30. The number of carbonyl (C=O) groups is 2. The third kappa shape index (κ3) is 5.19. The van der Waals surface area contributed by atoms with E-state index in [9.17, 15) is 9.59 Å². The van der Waals surface area contributed by atoms with Gasteiger partial charge in [-0.3, -0.25) is 14.5 Å². The lowest BCUT2D eigenvalue weighted by Crippen LogP contribution is -2.46. The average Bonchev–Trinajstić information content (AvgIpc) is 2.52. The summed E-state index contributed by atoms with van der Waals surface area (Å²) in [7, 11) is 1.39. The first-order valence-corrected chi connectivity index (χ1v) is 8.44. The summed E-state index contributed by atoms with van der Waals surface area (Å²) in [5, 5.41) is 3.31. The van der Waals surface area contributed by atoms with Crippen LogP contribution in [0.3, 0.4) is 0 Å². The Kier molecular flexibility index (Phi) is 6.54. The lowest BCUT2D eigenvalue weighted by atomic mass is 10.2. The summed E-state index contributed by atoms with van der Waals surface area (Å²) in [5.74, 6) is 0.533. The van der Waals surface area contributed by atoms with Crippen molar-refractivity contribution in [3.8, 4) is 0 Å². The highest BCUT2D eigenvalue weighted by Crippen LogP contribution is 2.19. The molecular formula is C15H19ClN2O3S. The summed E-state index contributed by atoms with van der Waals surface area (Å²) in [6, 6.07) is 7.39. The number of ether oxygens (including phenoxy) is 1. The van der Waals surface area contributed by atoms with E-state index < -0.39 is 0 Å². The molecule has 1 aromatic carbocycles. The van der Waals surface area contributed by atoms with Crippen LogP contribution in [0.2, 0.25) is 5.02 Å². The first-order valence-electron chi connectivity index (χ1n) is 7.01. The Labute approximate surface area is 139 Å². The Morgan fingerprint density at radius 1 is 1.50 bits per heavy atom. The van der Waals surface area contributed by atoms with E-state index in [1.807, 2.05) is 23.1 Å². The largest absolute Gasteiger partial charge is 0.468 e. The molecule has 0 bridgehead atoms. The van der Waals surface area contributed by atoms with Crippen molar-refractivity contribution in [3.63, 3.8) is 0 Å². The highest BCUT2D eigenvalue weighted by atomic mass is 35.5. The summed E-state index contributed by atoms with van der Waals surface area (Å²) < 4.78 is 4.76. The third-order valence-electron chi connectivity index (χ3n) is 3.36. The van der Waals surface area contributed by atoms with Crippen LogP contribution >= 0.6 is 23.4 Å². The molecule has 0 saturated carbocycles. The second-order valence-electron chi connectivity index (χ2n) is 5.02. The molecule has 1 atom stereocenters. The minimum atomic E-state index is -0.228. The molecule has 0 unspecified atom stereocenters. The van der Waals surface area contributed by atoms with Gasteiger partial charge in [-0.2, -0.15) is 0 Å². The Balaban J connectivity index is 1.78. The minimum absolute atomic E-state index is 0.0597. The molecule has 1 aromatic rings. The Hall–Kier alpha value is -1.24. The summed E-state index contributed by atoms with van der Waals surface area (Å²) in [6.07, 6.45) is 0. The number of esters is 1. The van der Waals surface area contributed by atoms with E-state index in [0.29, 0.717) is 18.1 Å². The molecule has 120 valence electrons. The van der Waals surface area contributed by atoms with Gasteiger partial charge in [0.15, 0.2) is 0 Å². The molecule has 1 heterocycles. The second kappa shape index (κ2) is 8.41. The Bertz CT molecular complexity index is 541. The number of methoxy groups -OCH3 is 1. The number of rotatable bonds is 5. The maximum Gasteiger partial charge on any atom is 0.320 e. The van der Waals surface area contributed by atoms with Crippen LogP contribution in [0.25, 0.3) is 0 Å². The van der Waals surface area contributed by atoms with Gasteiger partial charge in [-0.15, -0.1) is 11.8 Å². The van der Waals surface area contributed by atoms with Crippen LogP contribution in [0.4, 0.5) is 0 Å². The van der Waals surface area contributed by atoms with Gasteiger partial charge in [0.1, 0.15) is 5.25 Å². The van der Waals surface area contributed by atoms with Crippen molar-refractivity contribution in [1.82, 2.24) is 10.2 Å². The predicted octanol–water partition coefficient (Wildman–Crippen LogP) is 1.55. The van der Waals surface area contributed by atoms with Crippen LogP contribution in [0.5, 0.6) is 0 Å². The summed E-state index contributed by atoms with van der Waals surface area (Å²) >= 11 is 7.48. The molecule has 1 saturated heterocycles. The van der Waals surface area contributed by atoms with Gasteiger partial charge in [-0.25, -0.2) is 0 Å². The van der Waals surface area contributed by atoms with Gasteiger partial charge in [0.05, 0.1) is 13.7 Å². The van der Waals surface area contributed by atoms with E-state index in [4.69, 9.17) is 16.3 Å². The number of nitrogens with zero attached hydrogens (tertiary/aromatic N) is 1. The lowest BCUT2D eigenvalue weighted by molar-refractivity contribution is -0.140. The molecule has 0 aromatic heterocycles. The number of nitrogens with one attached hydrogen (secondary N) is 1. The van der Waals surface area contributed by atoms with E-state index in [2.05, 4.69) is 5.32 Å². The van der Waals surface area contributed by atoms with Gasteiger partial charge in [0, 0.05) is 30.4 Å². The first kappa shape index (κ1) is 17.1. The second-order valence-corrected chi connectivity index (χ2v) is 6.77. The fraction of sp³-hybridized carbons (Fsp3) is 0.467. The maximum atomic E-state index is 12.0. The van der Waals surface area contributed by atoms with Crippen molar-refractivity contribution in [2.24, 2.45) is 0 Å². The Morgan fingerprint density at radius 2 is 2.32 bits per heavy atom. The molecule has 5 nitrogen and oxygen atoms in total. The molecule has 22 heavy (non-hydrogen) atoms. The number of thioether (sulfide) groups is 1. The fourth-order valence-corrected chi connectivity index (χ4v) is 3.64. The molecule has 0 radical (unpaired) electrons. The SMILES string of the molecule is COC(=O)[C@@H]1CN(CC(=O)NCc2cccc(Cl)c2)CCS1. The van der Waals surface area contributed by atoms with Crippen molar-refractivity contribution in [3.05, 3.63) is 34.9 Å². The van der Waals surface area contributed by atoms with Crippen LogP contribution < -0.4 is 5.32 Å². The molecule has 1 aliphatic heterocycles. The zero-order valence-corrected chi connectivity index (χ0v) is 14.0. The average molecular weight is 343 g/mol. The molecular weight excluding hydrogens is 324 g/mol. The van der Waals surface area contributed by atoms with E-state index in [1.165, 1.54) is 7.11 Å². The van der Waals surface area contributed by atoms with Crippen LogP contribution in [0.15, 0.2) is 24.3 Å². The smallest absolute Gasteiger partial charge is 0.320 e. The summed E-state index contributed by atoms with van der Waals surface area (Å²) in [5.41, 5.74) is 0.961. The van der Waals surface area contributed by atoms with Gasteiger partial charge in [-0.05, 0) is 17.7 Å². The maximum absolute atomic E-state index is 12.0. The van der Waals surface area contributed by atoms with Crippen LogP contribution in [0, 0.1) is 0 Å². The normalized spacial score (nSPS) is 18.7. The molecule has 1 N–H and O–H groups in total. The molecule has 7 heteroatoms. The molecule has 2 rings (SSSR count). The van der Waals surface area contributed by atoms with Crippen molar-refractivity contribution < 1.29 is 14.3 Å². The monoisotopic (exact) mass is 342 g/mol. The van der Waals surface area contributed by atoms with Gasteiger partial charge in [0.25, 0.3) is 0 Å². The first-order chi connectivity index (χ1) is 10.6. The quantitative estimate of drug-likeness (QED) is 0.823. The van der Waals surface area contributed by atoms with E-state index in [0.717, 1.165) is 17.9 Å². The topological polar surface area (TPSA) is 58.6 Å². The minimum Gasteiger partial charge on any atom is -0.468 e. The van der Waals surface area contributed by atoms with Crippen molar-refractivity contribution >= 4 is 35.2 Å². The molecule has 0 aliphatic carbocycles. The van der Waals surface area contributed by atoms with Gasteiger partial charge in [-0.1, -0.05) is 23.7 Å². The molecule has 1 fully saturated rings. The van der Waals surface area contributed by atoms with Crippen molar-refractivity contribution in [1.29, 1.82) is 0 Å². The van der Waals surface area contributed by atoms with Gasteiger partial charge < -0.3 is 10.1 Å². The molecule has 1 aliphatic rings. The predicted molar refractivity (Wildman–Crippen MR) is 88.0 cm³/mol. The van der Waals surface area contributed by atoms with Crippen molar-refractivity contribution in [2.45, 2.75) is 11.8 Å². The number of amides is 1. The fourth-order valence-electron chi connectivity index (χ4n) is 2.23. The van der Waals surface area contributed by atoms with Crippen LogP contribution in [-0.2, 0) is 20.9 Å². The highest BCUT2D eigenvalue weighted by molar-refractivity contribution is 8.00. The number of hydrogen-bond acceptors (Lipinski definition) is 5. The third-order valence-corrected chi connectivity index (χ3v) is 4.76.